The Hall–Kier alpha value is -1.14. The molecule has 1 aromatic carbocycles. The van der Waals surface area contributed by atoms with Crippen LogP contribution in [0.4, 0.5) is 0 Å². The molecule has 5 nitrogen and oxygen atoms in total. The van der Waals surface area contributed by atoms with Crippen molar-refractivity contribution in [1.29, 1.82) is 0 Å². The van der Waals surface area contributed by atoms with E-state index in [-0.39, 0.29) is 5.41 Å². The molecule has 1 aromatic rings. The second-order valence-electron chi connectivity index (χ2n) is 28.9. The zero-order valence-electron chi connectivity index (χ0n) is 55.6. The molecule has 0 aliphatic carbocycles. The molecule has 0 aliphatic rings. The summed E-state index contributed by atoms with van der Waals surface area (Å²) in [5.74, 6) is 10.4. The summed E-state index contributed by atoms with van der Waals surface area (Å²) in [7, 11) is 1.72. The first-order valence-corrected chi connectivity index (χ1v) is 34.2. The van der Waals surface area contributed by atoms with Crippen LogP contribution in [0.3, 0.4) is 0 Å². The van der Waals surface area contributed by atoms with Crippen molar-refractivity contribution in [1.82, 2.24) is 0 Å². The molecule has 0 bridgehead atoms. The average Bonchev–Trinajstić information content (AvgIpc) is 3.37. The molecule has 0 heterocycles. The number of hydrogen-bond acceptors (Lipinski definition) is 5. The highest BCUT2D eigenvalue weighted by Gasteiger charge is 2.33. The van der Waals surface area contributed by atoms with Gasteiger partial charge in [0.15, 0.2) is 0 Å². The molecule has 1 rings (SSSR count). The van der Waals surface area contributed by atoms with Gasteiger partial charge in [-0.1, -0.05) is 289 Å². The maximum absolute atomic E-state index is 6.73. The fraction of sp³-hybridized carbons (Fsp3) is 0.918. The van der Waals surface area contributed by atoms with E-state index in [0.29, 0.717) is 50.8 Å². The minimum Gasteiger partial charge on any atom is -0.497 e. The van der Waals surface area contributed by atoms with E-state index in [9.17, 15) is 0 Å². The Balaban J connectivity index is 2.86. The Morgan fingerprint density at radius 1 is 0.282 bits per heavy atom. The number of ether oxygens (including phenoxy) is 5. The van der Waals surface area contributed by atoms with Crippen LogP contribution in [0.1, 0.15) is 302 Å². The molecule has 0 saturated carbocycles. The van der Waals surface area contributed by atoms with Crippen LogP contribution in [0.25, 0.3) is 0 Å². The monoisotopic (exact) mass is 1100 g/mol. The lowest BCUT2D eigenvalue weighted by atomic mass is 9.90. The summed E-state index contributed by atoms with van der Waals surface area (Å²) in [4.78, 5) is 0. The van der Waals surface area contributed by atoms with Crippen molar-refractivity contribution in [2.75, 3.05) is 53.4 Å². The third-order valence-electron chi connectivity index (χ3n) is 18.1. The van der Waals surface area contributed by atoms with Crippen LogP contribution >= 0.6 is 0 Å². The van der Waals surface area contributed by atoms with Gasteiger partial charge in [-0.2, -0.15) is 0 Å². The van der Waals surface area contributed by atoms with Crippen molar-refractivity contribution in [3.05, 3.63) is 29.8 Å². The Kier molecular flexibility index (Phi) is 46.3. The molecule has 0 N–H and O–H groups in total. The molecule has 9 atom stereocenters. The lowest BCUT2D eigenvalue weighted by Gasteiger charge is -2.33. The minimum absolute atomic E-state index is 0.383. The highest BCUT2D eigenvalue weighted by atomic mass is 16.5. The predicted octanol–water partition coefficient (Wildman–Crippen LogP) is 22.6. The van der Waals surface area contributed by atoms with Gasteiger partial charge < -0.3 is 23.7 Å². The first kappa shape index (κ1) is 74.9. The van der Waals surface area contributed by atoms with Gasteiger partial charge in [-0.3, -0.25) is 0 Å². The smallest absolute Gasteiger partial charge is 0.118 e. The van der Waals surface area contributed by atoms with Gasteiger partial charge in [-0.05, 0) is 108 Å². The summed E-state index contributed by atoms with van der Waals surface area (Å²) < 4.78 is 32.3. The third kappa shape index (κ3) is 44.4. The lowest BCUT2D eigenvalue weighted by Crippen LogP contribution is -2.42. The standard InChI is InChI=1S/C73H140O5/c1-59(2)26-17-29-62(7)32-20-35-65(10)38-23-41-68(13)48-51-75-55-73(58-78-54-71-44-46-72(74-16)47-45-71,56-76-52-49-69(14)42-24-39-66(11)36-21-33-63(8)30-18-27-60(3)4)57-77-53-50-70(15)43-25-40-67(12)37-22-34-64(9)31-19-28-61(5)6/h44-47,59-70H,17-43,48-58H2,1-16H3. The minimum atomic E-state index is -0.383. The van der Waals surface area contributed by atoms with E-state index in [4.69, 9.17) is 23.7 Å². The number of rotatable bonds is 56. The molecule has 0 saturated heterocycles. The number of methoxy groups -OCH3 is 1. The van der Waals surface area contributed by atoms with Crippen LogP contribution < -0.4 is 4.74 Å². The molecule has 462 valence electrons. The van der Waals surface area contributed by atoms with Crippen molar-refractivity contribution in [2.45, 2.75) is 303 Å². The van der Waals surface area contributed by atoms with Crippen molar-refractivity contribution >= 4 is 0 Å². The second-order valence-corrected chi connectivity index (χ2v) is 28.9. The van der Waals surface area contributed by atoms with Crippen molar-refractivity contribution in [2.24, 2.45) is 76.4 Å². The van der Waals surface area contributed by atoms with Gasteiger partial charge in [0.05, 0.1) is 45.6 Å². The largest absolute Gasteiger partial charge is 0.497 e. The normalized spacial score (nSPS) is 16.6. The van der Waals surface area contributed by atoms with Crippen LogP contribution in [0.2, 0.25) is 0 Å². The van der Waals surface area contributed by atoms with Crippen molar-refractivity contribution < 1.29 is 23.7 Å². The highest BCUT2D eigenvalue weighted by Crippen LogP contribution is 2.29. The zero-order valence-corrected chi connectivity index (χ0v) is 55.6. The van der Waals surface area contributed by atoms with Gasteiger partial charge in [0.25, 0.3) is 0 Å². The van der Waals surface area contributed by atoms with Crippen LogP contribution in [-0.4, -0.2) is 53.4 Å². The molecule has 78 heavy (non-hydrogen) atoms. The Labute approximate surface area is 489 Å². The van der Waals surface area contributed by atoms with Crippen LogP contribution in [-0.2, 0) is 25.6 Å². The van der Waals surface area contributed by atoms with Crippen molar-refractivity contribution in [3.8, 4) is 5.75 Å². The lowest BCUT2D eigenvalue weighted by molar-refractivity contribution is -0.112. The molecule has 0 fully saturated rings. The number of hydrogen-bond donors (Lipinski definition) is 0. The predicted molar refractivity (Wildman–Crippen MR) is 343 cm³/mol. The fourth-order valence-corrected chi connectivity index (χ4v) is 11.9. The maximum Gasteiger partial charge on any atom is 0.118 e. The van der Waals surface area contributed by atoms with E-state index in [0.717, 1.165) is 104 Å². The molecule has 0 radical (unpaired) electrons. The van der Waals surface area contributed by atoms with Crippen LogP contribution in [0, 0.1) is 76.4 Å². The Bertz CT molecular complexity index is 1300. The fourth-order valence-electron chi connectivity index (χ4n) is 11.9. The van der Waals surface area contributed by atoms with E-state index in [1.165, 1.54) is 173 Å². The summed E-state index contributed by atoms with van der Waals surface area (Å²) in [6, 6.07) is 8.27. The van der Waals surface area contributed by atoms with E-state index in [1.807, 2.05) is 12.1 Å². The zero-order chi connectivity index (χ0) is 57.8. The highest BCUT2D eigenvalue weighted by molar-refractivity contribution is 5.26. The summed E-state index contributed by atoms with van der Waals surface area (Å²) in [5, 5.41) is 0. The van der Waals surface area contributed by atoms with Gasteiger partial charge >= 0.3 is 0 Å². The summed E-state index contributed by atoms with van der Waals surface area (Å²) in [6.07, 6.45) is 40.2. The van der Waals surface area contributed by atoms with Crippen LogP contribution in [0.15, 0.2) is 24.3 Å². The molecule has 0 spiro atoms. The Morgan fingerprint density at radius 2 is 0.500 bits per heavy atom. The Morgan fingerprint density at radius 3 is 0.731 bits per heavy atom. The summed E-state index contributed by atoms with van der Waals surface area (Å²) in [5.41, 5.74) is 0.763. The van der Waals surface area contributed by atoms with Gasteiger partial charge in [-0.25, -0.2) is 0 Å². The van der Waals surface area contributed by atoms with Gasteiger partial charge in [-0.15, -0.1) is 0 Å². The van der Waals surface area contributed by atoms with Gasteiger partial charge in [0, 0.05) is 19.8 Å². The third-order valence-corrected chi connectivity index (χ3v) is 18.1. The molecular formula is C73H140O5. The molecule has 5 heteroatoms. The molecule has 0 amide bonds. The molecule has 9 unspecified atom stereocenters. The molecule has 0 aliphatic heterocycles. The maximum atomic E-state index is 6.73. The average molecular weight is 1100 g/mol. The van der Waals surface area contributed by atoms with E-state index >= 15 is 0 Å². The topological polar surface area (TPSA) is 46.2 Å². The molecular weight excluding hydrogens is 957 g/mol. The van der Waals surface area contributed by atoms with E-state index < -0.39 is 0 Å². The summed E-state index contributed by atoms with van der Waals surface area (Å²) in [6.45, 7) is 41.4. The van der Waals surface area contributed by atoms with Gasteiger partial charge in [0.1, 0.15) is 5.75 Å². The first-order valence-electron chi connectivity index (χ1n) is 34.2. The number of benzene rings is 1. The van der Waals surface area contributed by atoms with E-state index in [2.05, 4.69) is 116 Å². The molecule has 0 aromatic heterocycles. The van der Waals surface area contributed by atoms with Crippen molar-refractivity contribution in [3.63, 3.8) is 0 Å². The SMILES string of the molecule is COc1ccc(COCC(COCCC(C)CCCC(C)CCCC(C)CCCC(C)C)(COCCC(C)CCCC(C)CCCC(C)CCCC(C)C)COCCC(C)CCCC(C)CCCC(C)CCCC(C)C)cc1. The summed E-state index contributed by atoms with van der Waals surface area (Å²) >= 11 is 0. The van der Waals surface area contributed by atoms with E-state index in [1.54, 1.807) is 7.11 Å². The quantitative estimate of drug-likeness (QED) is 0.0609. The van der Waals surface area contributed by atoms with Crippen LogP contribution in [0.5, 0.6) is 5.75 Å². The first-order chi connectivity index (χ1) is 37.3. The second kappa shape index (κ2) is 48.3. The van der Waals surface area contributed by atoms with Gasteiger partial charge in [0.2, 0.25) is 0 Å².